The van der Waals surface area contributed by atoms with E-state index in [1.54, 1.807) is 0 Å². The summed E-state index contributed by atoms with van der Waals surface area (Å²) in [5.74, 6) is 1.25. The van der Waals surface area contributed by atoms with Crippen LogP contribution in [0.15, 0.2) is 67.0 Å². The number of ether oxygens (including phenoxy) is 1. The van der Waals surface area contributed by atoms with Crippen molar-refractivity contribution in [2.24, 2.45) is 5.92 Å². The Kier molecular flexibility index (Phi) is 6.23. The molecule has 1 fully saturated rings. The first-order valence-electron chi connectivity index (χ1n) is 10.4. The molecule has 6 nitrogen and oxygen atoms in total. The molecule has 1 aliphatic rings. The molecule has 1 atom stereocenters. The number of anilines is 2. The highest BCUT2D eigenvalue weighted by atomic mass is 16.5. The summed E-state index contributed by atoms with van der Waals surface area (Å²) < 4.78 is 5.62. The van der Waals surface area contributed by atoms with Crippen molar-refractivity contribution < 1.29 is 9.53 Å². The van der Waals surface area contributed by atoms with Gasteiger partial charge in [0, 0.05) is 31.0 Å². The Bertz CT molecular complexity index is 976. The number of benzene rings is 2. The van der Waals surface area contributed by atoms with Gasteiger partial charge in [-0.05, 0) is 37.5 Å². The maximum atomic E-state index is 12.9. The predicted octanol–water partition coefficient (Wildman–Crippen LogP) is 4.40. The quantitative estimate of drug-likeness (QED) is 0.662. The maximum Gasteiger partial charge on any atom is 0.229 e. The van der Waals surface area contributed by atoms with Gasteiger partial charge in [-0.3, -0.25) is 4.79 Å². The molecule has 2 aromatic carbocycles. The van der Waals surface area contributed by atoms with E-state index in [2.05, 4.69) is 20.2 Å². The lowest BCUT2D eigenvalue weighted by molar-refractivity contribution is -0.120. The van der Waals surface area contributed by atoms with Crippen LogP contribution in [0, 0.1) is 5.92 Å². The van der Waals surface area contributed by atoms with E-state index in [4.69, 9.17) is 4.74 Å². The average molecular weight is 402 g/mol. The van der Waals surface area contributed by atoms with Gasteiger partial charge in [0.05, 0.1) is 18.2 Å². The summed E-state index contributed by atoms with van der Waals surface area (Å²) in [5, 5.41) is 3.04. The fourth-order valence-corrected chi connectivity index (χ4v) is 3.72. The van der Waals surface area contributed by atoms with Crippen LogP contribution in [-0.4, -0.2) is 35.6 Å². The number of nitrogens with one attached hydrogen (secondary N) is 1. The van der Waals surface area contributed by atoms with Gasteiger partial charge in [-0.15, -0.1) is 0 Å². The Balaban J connectivity index is 1.42. The molecule has 1 aromatic heterocycles. The Hall–Kier alpha value is -3.41. The number of para-hydroxylation sites is 2. The van der Waals surface area contributed by atoms with Crippen molar-refractivity contribution in [2.75, 3.05) is 29.9 Å². The van der Waals surface area contributed by atoms with E-state index in [-0.39, 0.29) is 11.8 Å². The van der Waals surface area contributed by atoms with Crippen LogP contribution in [0.3, 0.4) is 0 Å². The van der Waals surface area contributed by atoms with Crippen molar-refractivity contribution in [3.63, 3.8) is 0 Å². The minimum atomic E-state index is -0.120. The number of carbonyl (C=O) groups is 1. The van der Waals surface area contributed by atoms with Crippen LogP contribution in [0.25, 0.3) is 11.1 Å². The van der Waals surface area contributed by atoms with E-state index in [1.807, 2.05) is 73.9 Å². The van der Waals surface area contributed by atoms with Crippen LogP contribution >= 0.6 is 0 Å². The van der Waals surface area contributed by atoms with Gasteiger partial charge in [-0.1, -0.05) is 42.5 Å². The molecule has 3 aromatic rings. The topological polar surface area (TPSA) is 67.3 Å². The minimum absolute atomic E-state index is 0.00718. The molecule has 1 saturated heterocycles. The predicted molar refractivity (Wildman–Crippen MR) is 119 cm³/mol. The lowest BCUT2D eigenvalue weighted by Crippen LogP contribution is -2.41. The molecule has 0 aliphatic carbocycles. The SMILES string of the molecule is CCOc1ccccc1NC(=O)[C@H]1CCCN(c2ncc(-c3ccccc3)cn2)C1. The van der Waals surface area contributed by atoms with Crippen molar-refractivity contribution in [2.45, 2.75) is 19.8 Å². The number of rotatable bonds is 6. The zero-order valence-corrected chi connectivity index (χ0v) is 17.1. The maximum absolute atomic E-state index is 12.9. The molecule has 4 rings (SSSR count). The second-order valence-electron chi connectivity index (χ2n) is 7.34. The van der Waals surface area contributed by atoms with Gasteiger partial charge in [0.2, 0.25) is 11.9 Å². The largest absolute Gasteiger partial charge is 0.492 e. The van der Waals surface area contributed by atoms with Gasteiger partial charge in [-0.2, -0.15) is 0 Å². The van der Waals surface area contributed by atoms with E-state index in [0.29, 0.717) is 30.5 Å². The van der Waals surface area contributed by atoms with Crippen molar-refractivity contribution >= 4 is 17.5 Å². The average Bonchev–Trinajstić information content (AvgIpc) is 2.81. The Morgan fingerprint density at radius 2 is 1.80 bits per heavy atom. The normalized spacial score (nSPS) is 16.2. The Morgan fingerprint density at radius 1 is 1.07 bits per heavy atom. The number of hydrogen-bond donors (Lipinski definition) is 1. The number of piperidine rings is 1. The third kappa shape index (κ3) is 4.59. The molecule has 6 heteroatoms. The molecule has 0 spiro atoms. The lowest BCUT2D eigenvalue weighted by atomic mass is 9.97. The van der Waals surface area contributed by atoms with Gasteiger partial charge in [0.25, 0.3) is 0 Å². The van der Waals surface area contributed by atoms with Gasteiger partial charge < -0.3 is 15.0 Å². The summed E-state index contributed by atoms with van der Waals surface area (Å²) in [6.07, 6.45) is 5.47. The number of nitrogens with zero attached hydrogens (tertiary/aromatic N) is 3. The molecule has 30 heavy (non-hydrogen) atoms. The monoisotopic (exact) mass is 402 g/mol. The zero-order valence-electron chi connectivity index (χ0n) is 17.1. The van der Waals surface area contributed by atoms with Crippen LogP contribution in [0.2, 0.25) is 0 Å². The summed E-state index contributed by atoms with van der Waals surface area (Å²) in [4.78, 5) is 24.1. The van der Waals surface area contributed by atoms with Gasteiger partial charge in [0.1, 0.15) is 5.75 Å². The van der Waals surface area contributed by atoms with E-state index < -0.39 is 0 Å². The molecule has 1 N–H and O–H groups in total. The highest BCUT2D eigenvalue weighted by Gasteiger charge is 2.27. The van der Waals surface area contributed by atoms with Crippen molar-refractivity contribution in [1.82, 2.24) is 9.97 Å². The smallest absolute Gasteiger partial charge is 0.229 e. The lowest BCUT2D eigenvalue weighted by Gasteiger charge is -2.32. The summed E-state index contributed by atoms with van der Waals surface area (Å²) in [7, 11) is 0. The molecule has 0 saturated carbocycles. The highest BCUT2D eigenvalue weighted by molar-refractivity contribution is 5.94. The summed E-state index contributed by atoms with van der Waals surface area (Å²) in [6.45, 7) is 3.94. The van der Waals surface area contributed by atoms with E-state index in [1.165, 1.54) is 0 Å². The molecule has 1 amide bonds. The van der Waals surface area contributed by atoms with Crippen molar-refractivity contribution in [1.29, 1.82) is 0 Å². The van der Waals surface area contributed by atoms with Crippen LogP contribution in [0.4, 0.5) is 11.6 Å². The second-order valence-corrected chi connectivity index (χ2v) is 7.34. The fraction of sp³-hybridized carbons (Fsp3) is 0.292. The second kappa shape index (κ2) is 9.39. The number of carbonyl (C=O) groups excluding carboxylic acids is 1. The number of amides is 1. The standard InChI is InChI=1S/C24H26N4O2/c1-2-30-22-13-7-6-12-21(22)27-23(29)19-11-8-14-28(17-19)24-25-15-20(16-26-24)18-9-4-3-5-10-18/h3-7,9-10,12-13,15-16,19H,2,8,11,14,17H2,1H3,(H,27,29)/t19-/m0/s1. The summed E-state index contributed by atoms with van der Waals surface area (Å²) >= 11 is 0. The molecule has 154 valence electrons. The van der Waals surface area contributed by atoms with Gasteiger partial charge in [0.15, 0.2) is 0 Å². The third-order valence-corrected chi connectivity index (χ3v) is 5.27. The van der Waals surface area contributed by atoms with E-state index >= 15 is 0 Å². The zero-order chi connectivity index (χ0) is 20.8. The van der Waals surface area contributed by atoms with Crippen LogP contribution in [0.5, 0.6) is 5.75 Å². The third-order valence-electron chi connectivity index (χ3n) is 5.27. The van der Waals surface area contributed by atoms with Crippen LogP contribution < -0.4 is 15.0 Å². The molecular formula is C24H26N4O2. The van der Waals surface area contributed by atoms with Gasteiger partial charge in [-0.25, -0.2) is 9.97 Å². The molecule has 2 heterocycles. The Labute approximate surface area is 176 Å². The highest BCUT2D eigenvalue weighted by Crippen LogP contribution is 2.27. The first-order chi connectivity index (χ1) is 14.7. The van der Waals surface area contributed by atoms with E-state index in [9.17, 15) is 4.79 Å². The fourth-order valence-electron chi connectivity index (χ4n) is 3.72. The molecule has 0 radical (unpaired) electrons. The van der Waals surface area contributed by atoms with Crippen molar-refractivity contribution in [3.8, 4) is 16.9 Å². The number of aromatic nitrogens is 2. The Morgan fingerprint density at radius 3 is 2.57 bits per heavy atom. The molecule has 0 bridgehead atoms. The molecule has 1 aliphatic heterocycles. The summed E-state index contributed by atoms with van der Waals surface area (Å²) in [5.41, 5.74) is 2.79. The van der Waals surface area contributed by atoms with Crippen LogP contribution in [0.1, 0.15) is 19.8 Å². The first kappa shape index (κ1) is 19.9. The number of hydrogen-bond acceptors (Lipinski definition) is 5. The molecular weight excluding hydrogens is 376 g/mol. The first-order valence-corrected chi connectivity index (χ1v) is 10.4. The molecule has 0 unspecified atom stereocenters. The van der Waals surface area contributed by atoms with Crippen molar-refractivity contribution in [3.05, 3.63) is 67.0 Å². The summed E-state index contributed by atoms with van der Waals surface area (Å²) in [6, 6.07) is 17.6. The van der Waals surface area contributed by atoms with Gasteiger partial charge >= 0.3 is 0 Å². The van der Waals surface area contributed by atoms with Crippen LogP contribution in [-0.2, 0) is 4.79 Å². The minimum Gasteiger partial charge on any atom is -0.492 e. The van der Waals surface area contributed by atoms with E-state index in [0.717, 1.165) is 30.5 Å².